The molecule has 0 aliphatic heterocycles. The number of ether oxygens (including phenoxy) is 1. The maximum absolute atomic E-state index is 5.98. The Morgan fingerprint density at radius 3 is 2.50 bits per heavy atom. The van der Waals surface area contributed by atoms with E-state index in [0.717, 1.165) is 38.1 Å². The predicted octanol–water partition coefficient (Wildman–Crippen LogP) is 4.59. The molecule has 0 spiro atoms. The van der Waals surface area contributed by atoms with Crippen LogP contribution in [0, 0.1) is 0 Å². The van der Waals surface area contributed by atoms with E-state index < -0.39 is 0 Å². The topological polar surface area (TPSA) is 21.3 Å². The number of rotatable bonds is 9. The van der Waals surface area contributed by atoms with Crippen LogP contribution in [0.15, 0.2) is 54.6 Å². The van der Waals surface area contributed by atoms with Gasteiger partial charge >= 0.3 is 0 Å². The summed E-state index contributed by atoms with van der Waals surface area (Å²) in [5.74, 6) is 1.01. The molecule has 1 N–H and O–H groups in total. The van der Waals surface area contributed by atoms with Crippen molar-refractivity contribution in [2.24, 2.45) is 0 Å². The van der Waals surface area contributed by atoms with Gasteiger partial charge in [0, 0.05) is 12.1 Å². The van der Waals surface area contributed by atoms with Gasteiger partial charge in [-0.3, -0.25) is 0 Å². The van der Waals surface area contributed by atoms with Gasteiger partial charge in [0.15, 0.2) is 0 Å². The van der Waals surface area contributed by atoms with E-state index in [1.54, 1.807) is 0 Å². The molecule has 1 unspecified atom stereocenters. The third kappa shape index (κ3) is 5.53. The lowest BCUT2D eigenvalue weighted by Crippen LogP contribution is -2.17. The minimum Gasteiger partial charge on any atom is -0.490 e. The molecule has 0 amide bonds. The van der Waals surface area contributed by atoms with Crippen LogP contribution in [0.5, 0.6) is 5.75 Å². The molecule has 118 valence electrons. The maximum Gasteiger partial charge on any atom is 0.124 e. The SMILES string of the molecule is CCC(C)Oc1ccccc1CNCCCc1ccccc1. The second-order valence-corrected chi connectivity index (χ2v) is 5.71. The van der Waals surface area contributed by atoms with Crippen LogP contribution in [-0.4, -0.2) is 12.6 Å². The standard InChI is InChI=1S/C20H27NO/c1-3-17(2)22-20-14-8-7-13-19(20)16-21-15-9-12-18-10-5-4-6-11-18/h4-8,10-11,13-14,17,21H,3,9,12,15-16H2,1-2H3. The fourth-order valence-corrected chi connectivity index (χ4v) is 2.35. The molecule has 0 radical (unpaired) electrons. The minimum absolute atomic E-state index is 0.263. The summed E-state index contributed by atoms with van der Waals surface area (Å²) >= 11 is 0. The summed E-state index contributed by atoms with van der Waals surface area (Å²) < 4.78 is 5.98. The van der Waals surface area contributed by atoms with Crippen LogP contribution in [0.25, 0.3) is 0 Å². The molecule has 2 aromatic rings. The molecular formula is C20H27NO. The summed E-state index contributed by atoms with van der Waals surface area (Å²) in [6, 6.07) is 19.0. The molecule has 0 aliphatic carbocycles. The van der Waals surface area contributed by atoms with Crippen molar-refractivity contribution in [3.8, 4) is 5.75 Å². The number of hydrogen-bond acceptors (Lipinski definition) is 2. The first-order valence-corrected chi connectivity index (χ1v) is 8.28. The van der Waals surface area contributed by atoms with Crippen molar-refractivity contribution >= 4 is 0 Å². The Morgan fingerprint density at radius 1 is 1.00 bits per heavy atom. The highest BCUT2D eigenvalue weighted by molar-refractivity contribution is 5.33. The Bertz CT molecular complexity index is 538. The maximum atomic E-state index is 5.98. The lowest BCUT2D eigenvalue weighted by Gasteiger charge is -2.16. The quantitative estimate of drug-likeness (QED) is 0.684. The molecule has 0 saturated carbocycles. The summed E-state index contributed by atoms with van der Waals surface area (Å²) in [4.78, 5) is 0. The fourth-order valence-electron chi connectivity index (χ4n) is 2.35. The van der Waals surface area contributed by atoms with E-state index in [1.807, 2.05) is 6.07 Å². The average Bonchev–Trinajstić information content (AvgIpc) is 2.57. The van der Waals surface area contributed by atoms with Crippen molar-refractivity contribution < 1.29 is 4.74 Å². The first kappa shape index (κ1) is 16.6. The molecule has 0 bridgehead atoms. The highest BCUT2D eigenvalue weighted by atomic mass is 16.5. The van der Waals surface area contributed by atoms with Crippen LogP contribution >= 0.6 is 0 Å². The molecule has 2 nitrogen and oxygen atoms in total. The van der Waals surface area contributed by atoms with Gasteiger partial charge < -0.3 is 10.1 Å². The third-order valence-corrected chi connectivity index (χ3v) is 3.85. The second kappa shape index (κ2) is 9.26. The van der Waals surface area contributed by atoms with Crippen molar-refractivity contribution in [1.29, 1.82) is 0 Å². The monoisotopic (exact) mass is 297 g/mol. The molecule has 2 aromatic carbocycles. The van der Waals surface area contributed by atoms with Gasteiger partial charge in [0.05, 0.1) is 6.10 Å². The van der Waals surface area contributed by atoms with Crippen LogP contribution in [0.2, 0.25) is 0 Å². The molecule has 0 fully saturated rings. The van der Waals surface area contributed by atoms with E-state index in [-0.39, 0.29) is 6.10 Å². The minimum atomic E-state index is 0.263. The van der Waals surface area contributed by atoms with Crippen LogP contribution in [0.3, 0.4) is 0 Å². The molecule has 0 heterocycles. The van der Waals surface area contributed by atoms with Crippen molar-refractivity contribution in [2.45, 2.75) is 45.8 Å². The van der Waals surface area contributed by atoms with Crippen molar-refractivity contribution in [3.05, 3.63) is 65.7 Å². The molecule has 2 heteroatoms. The van der Waals surface area contributed by atoms with E-state index in [0.29, 0.717) is 0 Å². The largest absolute Gasteiger partial charge is 0.490 e. The Hall–Kier alpha value is -1.80. The zero-order valence-corrected chi connectivity index (χ0v) is 13.7. The van der Waals surface area contributed by atoms with Gasteiger partial charge in [-0.15, -0.1) is 0 Å². The zero-order valence-electron chi connectivity index (χ0n) is 13.7. The molecule has 0 aliphatic rings. The fraction of sp³-hybridized carbons (Fsp3) is 0.400. The first-order valence-electron chi connectivity index (χ1n) is 8.28. The van der Waals surface area contributed by atoms with Gasteiger partial charge in [-0.1, -0.05) is 55.5 Å². The number of hydrogen-bond donors (Lipinski definition) is 1. The summed E-state index contributed by atoms with van der Waals surface area (Å²) in [5.41, 5.74) is 2.65. The van der Waals surface area contributed by atoms with Gasteiger partial charge in [-0.05, 0) is 44.4 Å². The van der Waals surface area contributed by atoms with Crippen molar-refractivity contribution in [2.75, 3.05) is 6.54 Å². The summed E-state index contributed by atoms with van der Waals surface area (Å²) in [6.45, 7) is 6.15. The second-order valence-electron chi connectivity index (χ2n) is 5.71. The highest BCUT2D eigenvalue weighted by Crippen LogP contribution is 2.19. The molecule has 22 heavy (non-hydrogen) atoms. The molecule has 1 atom stereocenters. The normalized spacial score (nSPS) is 12.1. The highest BCUT2D eigenvalue weighted by Gasteiger charge is 2.06. The van der Waals surface area contributed by atoms with Crippen LogP contribution < -0.4 is 10.1 Å². The molecule has 2 rings (SSSR count). The van der Waals surface area contributed by atoms with E-state index >= 15 is 0 Å². The Morgan fingerprint density at radius 2 is 1.73 bits per heavy atom. The number of aryl methyl sites for hydroxylation is 1. The lowest BCUT2D eigenvalue weighted by atomic mass is 10.1. The third-order valence-electron chi connectivity index (χ3n) is 3.85. The van der Waals surface area contributed by atoms with E-state index in [4.69, 9.17) is 4.74 Å². The van der Waals surface area contributed by atoms with Crippen LogP contribution in [0.1, 0.15) is 37.8 Å². The van der Waals surface area contributed by atoms with E-state index in [2.05, 4.69) is 67.7 Å². The Balaban J connectivity index is 1.74. The van der Waals surface area contributed by atoms with Gasteiger partial charge in [-0.2, -0.15) is 0 Å². The number of para-hydroxylation sites is 1. The predicted molar refractivity (Wildman–Crippen MR) is 93.3 cm³/mol. The number of nitrogens with one attached hydrogen (secondary N) is 1. The van der Waals surface area contributed by atoms with Crippen molar-refractivity contribution in [3.63, 3.8) is 0 Å². The zero-order chi connectivity index (χ0) is 15.6. The average molecular weight is 297 g/mol. The molecule has 0 aromatic heterocycles. The van der Waals surface area contributed by atoms with E-state index in [1.165, 1.54) is 11.1 Å². The van der Waals surface area contributed by atoms with Crippen LogP contribution in [0.4, 0.5) is 0 Å². The van der Waals surface area contributed by atoms with Crippen molar-refractivity contribution in [1.82, 2.24) is 5.32 Å². The summed E-state index contributed by atoms with van der Waals surface area (Å²) in [7, 11) is 0. The first-order chi connectivity index (χ1) is 10.8. The molecular weight excluding hydrogens is 270 g/mol. The Labute approximate surface area is 134 Å². The van der Waals surface area contributed by atoms with Gasteiger partial charge in [-0.25, -0.2) is 0 Å². The van der Waals surface area contributed by atoms with Crippen LogP contribution in [-0.2, 0) is 13.0 Å². The smallest absolute Gasteiger partial charge is 0.124 e. The Kier molecular flexibility index (Phi) is 6.98. The van der Waals surface area contributed by atoms with Gasteiger partial charge in [0.1, 0.15) is 5.75 Å². The van der Waals surface area contributed by atoms with Gasteiger partial charge in [0.2, 0.25) is 0 Å². The summed E-state index contributed by atoms with van der Waals surface area (Å²) in [6.07, 6.45) is 3.56. The lowest BCUT2D eigenvalue weighted by molar-refractivity contribution is 0.215. The molecule has 0 saturated heterocycles. The number of benzene rings is 2. The van der Waals surface area contributed by atoms with Gasteiger partial charge in [0.25, 0.3) is 0 Å². The van der Waals surface area contributed by atoms with E-state index in [9.17, 15) is 0 Å². The summed E-state index contributed by atoms with van der Waals surface area (Å²) in [5, 5.41) is 3.52.